The third kappa shape index (κ3) is 3.73. The molecule has 1 heterocycles. The van der Waals surface area contributed by atoms with Crippen molar-refractivity contribution in [1.82, 2.24) is 9.97 Å². The number of rotatable bonds is 4. The smallest absolute Gasteiger partial charge is 0.255 e. The molecule has 6 heteroatoms. The van der Waals surface area contributed by atoms with E-state index in [-0.39, 0.29) is 11.5 Å². The Kier molecular flexibility index (Phi) is 4.47. The van der Waals surface area contributed by atoms with E-state index in [9.17, 15) is 9.18 Å². The van der Waals surface area contributed by atoms with Crippen molar-refractivity contribution in [1.29, 1.82) is 0 Å². The lowest BCUT2D eigenvalue weighted by Crippen LogP contribution is -2.12. The van der Waals surface area contributed by atoms with Crippen molar-refractivity contribution in [3.8, 4) is 11.6 Å². The molecule has 1 N–H and O–H groups in total. The number of nitrogens with zero attached hydrogens (tertiary/aromatic N) is 2. The van der Waals surface area contributed by atoms with Crippen LogP contribution in [0.4, 0.5) is 10.1 Å². The Morgan fingerprint density at radius 1 is 1.12 bits per heavy atom. The van der Waals surface area contributed by atoms with Crippen LogP contribution in [0.15, 0.2) is 61.1 Å². The van der Waals surface area contributed by atoms with Crippen LogP contribution in [-0.4, -0.2) is 15.9 Å². The van der Waals surface area contributed by atoms with Gasteiger partial charge >= 0.3 is 0 Å². The van der Waals surface area contributed by atoms with Gasteiger partial charge in [-0.25, -0.2) is 9.37 Å². The number of carbonyl (C=O) groups is 1. The highest BCUT2D eigenvalue weighted by Gasteiger charge is 2.09. The summed E-state index contributed by atoms with van der Waals surface area (Å²) in [6.45, 7) is 1.65. The second-order valence-electron chi connectivity index (χ2n) is 5.09. The van der Waals surface area contributed by atoms with Crippen molar-refractivity contribution in [2.75, 3.05) is 5.32 Å². The van der Waals surface area contributed by atoms with Crippen LogP contribution in [0.3, 0.4) is 0 Å². The summed E-state index contributed by atoms with van der Waals surface area (Å²) in [5.74, 6) is 0.158. The van der Waals surface area contributed by atoms with Crippen LogP contribution in [0, 0.1) is 12.7 Å². The zero-order valence-corrected chi connectivity index (χ0v) is 12.9. The Hall–Kier alpha value is -3.28. The Labute approximate surface area is 138 Å². The molecule has 2 aromatic carbocycles. The van der Waals surface area contributed by atoms with Gasteiger partial charge in [-0.05, 0) is 48.9 Å². The first-order valence-electron chi connectivity index (χ1n) is 7.23. The number of anilines is 1. The van der Waals surface area contributed by atoms with Gasteiger partial charge in [0.05, 0.1) is 6.20 Å². The average molecular weight is 323 g/mol. The third-order valence-corrected chi connectivity index (χ3v) is 3.31. The van der Waals surface area contributed by atoms with Gasteiger partial charge in [0, 0.05) is 23.6 Å². The summed E-state index contributed by atoms with van der Waals surface area (Å²) in [4.78, 5) is 20.0. The van der Waals surface area contributed by atoms with Gasteiger partial charge in [-0.15, -0.1) is 0 Å². The second-order valence-corrected chi connectivity index (χ2v) is 5.09. The Morgan fingerprint density at radius 2 is 1.92 bits per heavy atom. The quantitative estimate of drug-likeness (QED) is 0.789. The van der Waals surface area contributed by atoms with E-state index < -0.39 is 5.82 Å². The maximum absolute atomic E-state index is 13.5. The second kappa shape index (κ2) is 6.87. The highest BCUT2D eigenvalue weighted by molar-refractivity contribution is 6.04. The molecule has 24 heavy (non-hydrogen) atoms. The van der Waals surface area contributed by atoms with E-state index in [4.69, 9.17) is 4.74 Å². The summed E-state index contributed by atoms with van der Waals surface area (Å²) >= 11 is 0. The van der Waals surface area contributed by atoms with E-state index in [0.717, 1.165) is 0 Å². The van der Waals surface area contributed by atoms with Crippen molar-refractivity contribution in [2.45, 2.75) is 6.92 Å². The van der Waals surface area contributed by atoms with E-state index >= 15 is 0 Å². The molecule has 1 amide bonds. The molecule has 120 valence electrons. The van der Waals surface area contributed by atoms with Gasteiger partial charge in [-0.3, -0.25) is 9.78 Å². The van der Waals surface area contributed by atoms with Gasteiger partial charge in [-0.2, -0.15) is 0 Å². The number of amides is 1. The maximum atomic E-state index is 13.5. The average Bonchev–Trinajstić information content (AvgIpc) is 2.60. The summed E-state index contributed by atoms with van der Waals surface area (Å²) in [5.41, 5.74) is 1.34. The Balaban J connectivity index is 1.67. The van der Waals surface area contributed by atoms with Crippen molar-refractivity contribution in [2.24, 2.45) is 0 Å². The maximum Gasteiger partial charge on any atom is 0.255 e. The zero-order valence-electron chi connectivity index (χ0n) is 12.9. The van der Waals surface area contributed by atoms with Crippen molar-refractivity contribution >= 4 is 11.6 Å². The lowest BCUT2D eigenvalue weighted by Gasteiger charge is -2.08. The molecule has 0 atom stereocenters. The molecule has 0 radical (unpaired) electrons. The lowest BCUT2D eigenvalue weighted by molar-refractivity contribution is 0.102. The molecule has 0 fully saturated rings. The number of carbonyl (C=O) groups excluding carboxylic acids is 1. The Bertz CT molecular complexity index is 852. The molecule has 0 saturated heterocycles. The number of halogens is 1. The Morgan fingerprint density at radius 3 is 2.58 bits per heavy atom. The highest BCUT2D eigenvalue weighted by atomic mass is 19.1. The largest absolute Gasteiger partial charge is 0.438 e. The number of aromatic nitrogens is 2. The molecular weight excluding hydrogens is 309 g/mol. The molecule has 0 aliphatic carbocycles. The molecule has 5 nitrogen and oxygen atoms in total. The standard InChI is InChI=1S/C18H14FN3O2/c1-12-2-3-13(10-16(12)19)18(23)22-14-4-6-15(7-5-14)24-17-11-20-8-9-21-17/h2-11H,1H3,(H,22,23). The zero-order chi connectivity index (χ0) is 16.9. The minimum absolute atomic E-state index is 0.262. The van der Waals surface area contributed by atoms with E-state index in [2.05, 4.69) is 15.3 Å². The van der Waals surface area contributed by atoms with E-state index in [1.165, 1.54) is 18.5 Å². The lowest BCUT2D eigenvalue weighted by atomic mass is 10.1. The van der Waals surface area contributed by atoms with Gasteiger partial charge in [0.25, 0.3) is 5.91 Å². The number of nitrogens with one attached hydrogen (secondary N) is 1. The molecule has 0 unspecified atom stereocenters. The fourth-order valence-electron chi connectivity index (χ4n) is 2.00. The van der Waals surface area contributed by atoms with Gasteiger partial charge in [-0.1, -0.05) is 6.07 Å². The monoisotopic (exact) mass is 323 g/mol. The van der Waals surface area contributed by atoms with Crippen LogP contribution in [0.5, 0.6) is 11.6 Å². The van der Waals surface area contributed by atoms with Gasteiger partial charge < -0.3 is 10.1 Å². The summed E-state index contributed by atoms with van der Waals surface area (Å²) in [7, 11) is 0. The minimum atomic E-state index is -0.407. The van der Waals surface area contributed by atoms with Gasteiger partial charge in [0.1, 0.15) is 11.6 Å². The van der Waals surface area contributed by atoms with E-state index in [1.54, 1.807) is 49.5 Å². The van der Waals surface area contributed by atoms with Crippen molar-refractivity contribution < 1.29 is 13.9 Å². The number of ether oxygens (including phenoxy) is 1. The molecule has 3 aromatic rings. The van der Waals surface area contributed by atoms with Crippen LogP contribution in [0.25, 0.3) is 0 Å². The summed E-state index contributed by atoms with van der Waals surface area (Å²) in [5, 5.41) is 2.71. The first-order chi connectivity index (χ1) is 11.6. The molecule has 0 spiro atoms. The predicted octanol–water partition coefficient (Wildman–Crippen LogP) is 3.97. The SMILES string of the molecule is Cc1ccc(C(=O)Nc2ccc(Oc3cnccn3)cc2)cc1F. The van der Waals surface area contributed by atoms with Crippen molar-refractivity contribution in [3.63, 3.8) is 0 Å². The molecule has 0 bridgehead atoms. The van der Waals surface area contributed by atoms with Gasteiger partial charge in [0.2, 0.25) is 5.88 Å². The van der Waals surface area contributed by atoms with Crippen molar-refractivity contribution in [3.05, 3.63) is 78.0 Å². The summed E-state index contributed by atoms with van der Waals surface area (Å²) < 4.78 is 19.0. The highest BCUT2D eigenvalue weighted by Crippen LogP contribution is 2.21. The molecule has 0 aliphatic rings. The minimum Gasteiger partial charge on any atom is -0.438 e. The van der Waals surface area contributed by atoms with Crippen LogP contribution < -0.4 is 10.1 Å². The van der Waals surface area contributed by atoms with E-state index in [0.29, 0.717) is 22.9 Å². The summed E-state index contributed by atoms with van der Waals surface area (Å²) in [6.07, 6.45) is 4.59. The van der Waals surface area contributed by atoms with Crippen LogP contribution in [0.2, 0.25) is 0 Å². The number of hydrogen-bond donors (Lipinski definition) is 1. The third-order valence-electron chi connectivity index (χ3n) is 3.31. The number of hydrogen-bond acceptors (Lipinski definition) is 4. The first kappa shape index (κ1) is 15.6. The first-order valence-corrected chi connectivity index (χ1v) is 7.23. The molecule has 0 aliphatic heterocycles. The van der Waals surface area contributed by atoms with Gasteiger partial charge in [0.15, 0.2) is 0 Å². The normalized spacial score (nSPS) is 10.2. The molecule has 1 aromatic heterocycles. The van der Waals surface area contributed by atoms with Crippen LogP contribution in [-0.2, 0) is 0 Å². The molecule has 3 rings (SSSR count). The fraction of sp³-hybridized carbons (Fsp3) is 0.0556. The summed E-state index contributed by atoms with van der Waals surface area (Å²) in [6, 6.07) is 11.1. The van der Waals surface area contributed by atoms with Crippen LogP contribution >= 0.6 is 0 Å². The molecular formula is C18H14FN3O2. The number of benzene rings is 2. The topological polar surface area (TPSA) is 64.1 Å². The number of aryl methyl sites for hydroxylation is 1. The fourth-order valence-corrected chi connectivity index (χ4v) is 2.00. The van der Waals surface area contributed by atoms with E-state index in [1.807, 2.05) is 0 Å². The molecule has 0 saturated carbocycles. The van der Waals surface area contributed by atoms with Crippen LogP contribution in [0.1, 0.15) is 15.9 Å². The predicted molar refractivity (Wildman–Crippen MR) is 87.6 cm³/mol.